The number of benzene rings is 2. The van der Waals surface area contributed by atoms with Crippen molar-refractivity contribution in [2.24, 2.45) is 0 Å². The van der Waals surface area contributed by atoms with Crippen LogP contribution in [0, 0.1) is 13.8 Å². The summed E-state index contributed by atoms with van der Waals surface area (Å²) in [6.07, 6.45) is -0.538. The van der Waals surface area contributed by atoms with E-state index in [1.807, 2.05) is 32.0 Å². The van der Waals surface area contributed by atoms with Gasteiger partial charge in [0.2, 0.25) is 0 Å². The van der Waals surface area contributed by atoms with E-state index in [9.17, 15) is 8.42 Å². The summed E-state index contributed by atoms with van der Waals surface area (Å²) in [7, 11) is -3.76. The molecule has 0 aliphatic rings. The van der Waals surface area contributed by atoms with Gasteiger partial charge >= 0.3 is 0 Å². The van der Waals surface area contributed by atoms with E-state index in [4.69, 9.17) is 4.18 Å². The number of aryl methyl sites for hydroxylation is 2. The monoisotopic (exact) mass is 368 g/mol. The third kappa shape index (κ3) is 3.93. The Kier molecular flexibility index (Phi) is 4.86. The molecule has 1 unspecified atom stereocenters. The van der Waals surface area contributed by atoms with Crippen LogP contribution < -0.4 is 0 Å². The molecular formula is C16H17BrO3S. The molecule has 0 amide bonds. The zero-order valence-electron chi connectivity index (χ0n) is 12.1. The van der Waals surface area contributed by atoms with Crippen LogP contribution in [0.4, 0.5) is 0 Å². The molecule has 0 fully saturated rings. The minimum atomic E-state index is -3.76. The van der Waals surface area contributed by atoms with E-state index >= 15 is 0 Å². The van der Waals surface area contributed by atoms with Crippen molar-refractivity contribution >= 4 is 26.0 Å². The molecule has 2 rings (SSSR count). The number of hydrogen-bond donors (Lipinski definition) is 0. The van der Waals surface area contributed by atoms with Crippen molar-refractivity contribution in [3.05, 3.63) is 63.6 Å². The maximum absolute atomic E-state index is 12.3. The second-order valence-corrected chi connectivity index (χ2v) is 7.49. The fourth-order valence-corrected chi connectivity index (χ4v) is 3.64. The maximum atomic E-state index is 12.3. The third-order valence-electron chi connectivity index (χ3n) is 3.25. The predicted octanol–water partition coefficient (Wildman–Crippen LogP) is 4.53. The second-order valence-electron chi connectivity index (χ2n) is 5.01. The van der Waals surface area contributed by atoms with Crippen molar-refractivity contribution in [3.8, 4) is 0 Å². The highest BCUT2D eigenvalue weighted by molar-refractivity contribution is 9.10. The molecule has 0 N–H and O–H groups in total. The lowest BCUT2D eigenvalue weighted by Gasteiger charge is -2.16. The van der Waals surface area contributed by atoms with Crippen LogP contribution in [0.15, 0.2) is 51.8 Å². The van der Waals surface area contributed by atoms with Gasteiger partial charge in [0, 0.05) is 4.47 Å². The average molecular weight is 369 g/mol. The molecule has 21 heavy (non-hydrogen) atoms. The Bertz CT molecular complexity index is 737. The summed E-state index contributed by atoms with van der Waals surface area (Å²) in [5.74, 6) is 0. The summed E-state index contributed by atoms with van der Waals surface area (Å²) in [5.41, 5.74) is 2.84. The molecule has 0 heterocycles. The molecule has 0 aromatic heterocycles. The summed E-state index contributed by atoms with van der Waals surface area (Å²) in [5, 5.41) is 0. The Morgan fingerprint density at radius 1 is 1.05 bits per heavy atom. The number of hydrogen-bond acceptors (Lipinski definition) is 3. The van der Waals surface area contributed by atoms with Gasteiger partial charge in [-0.2, -0.15) is 8.42 Å². The van der Waals surface area contributed by atoms with Crippen LogP contribution in [0.3, 0.4) is 0 Å². The first-order valence-electron chi connectivity index (χ1n) is 6.55. The molecule has 5 heteroatoms. The van der Waals surface area contributed by atoms with Crippen LogP contribution in [0.2, 0.25) is 0 Å². The van der Waals surface area contributed by atoms with E-state index in [0.29, 0.717) is 0 Å². The van der Waals surface area contributed by atoms with Crippen LogP contribution >= 0.6 is 15.9 Å². The van der Waals surface area contributed by atoms with Gasteiger partial charge in [0.25, 0.3) is 10.1 Å². The lowest BCUT2D eigenvalue weighted by molar-refractivity contribution is 0.233. The van der Waals surface area contributed by atoms with E-state index in [1.165, 1.54) is 0 Å². The quantitative estimate of drug-likeness (QED) is 0.744. The first-order chi connectivity index (χ1) is 9.79. The van der Waals surface area contributed by atoms with E-state index in [0.717, 1.165) is 21.2 Å². The van der Waals surface area contributed by atoms with Crippen LogP contribution in [0.25, 0.3) is 0 Å². The molecule has 1 atom stereocenters. The van der Waals surface area contributed by atoms with Crippen molar-refractivity contribution < 1.29 is 12.6 Å². The highest BCUT2D eigenvalue weighted by Crippen LogP contribution is 2.27. The number of rotatable bonds is 4. The van der Waals surface area contributed by atoms with Crippen LogP contribution in [0.1, 0.15) is 29.7 Å². The Morgan fingerprint density at radius 2 is 1.67 bits per heavy atom. The standard InChI is InChI=1S/C16H17BrO3S/c1-11-4-7-15(8-5-11)21(18,19)20-13(3)16-9-6-14(17)10-12(16)2/h4-10,13H,1-3H3. The van der Waals surface area contributed by atoms with Crippen molar-refractivity contribution in [2.45, 2.75) is 31.8 Å². The SMILES string of the molecule is Cc1ccc(S(=O)(=O)OC(C)c2ccc(Br)cc2C)cc1. The summed E-state index contributed by atoms with van der Waals surface area (Å²) in [6.45, 7) is 5.57. The van der Waals surface area contributed by atoms with Gasteiger partial charge in [0.1, 0.15) is 0 Å². The normalized spacial score (nSPS) is 13.1. The van der Waals surface area contributed by atoms with Crippen LogP contribution in [-0.4, -0.2) is 8.42 Å². The molecule has 0 saturated heterocycles. The summed E-state index contributed by atoms with van der Waals surface area (Å²) >= 11 is 3.39. The Balaban J connectivity index is 2.25. The predicted molar refractivity (Wildman–Crippen MR) is 86.7 cm³/mol. The van der Waals surface area contributed by atoms with Crippen molar-refractivity contribution in [2.75, 3.05) is 0 Å². The van der Waals surface area contributed by atoms with Crippen LogP contribution in [0.5, 0.6) is 0 Å². The molecule has 0 bridgehead atoms. The topological polar surface area (TPSA) is 43.4 Å². The smallest absolute Gasteiger partial charge is 0.258 e. The molecule has 112 valence electrons. The van der Waals surface area contributed by atoms with Crippen molar-refractivity contribution in [3.63, 3.8) is 0 Å². The Labute approximate surface area is 134 Å². The van der Waals surface area contributed by atoms with E-state index < -0.39 is 16.2 Å². The zero-order chi connectivity index (χ0) is 15.6. The Morgan fingerprint density at radius 3 is 2.24 bits per heavy atom. The van der Waals surface area contributed by atoms with E-state index in [1.54, 1.807) is 31.2 Å². The lowest BCUT2D eigenvalue weighted by Crippen LogP contribution is -2.11. The molecule has 0 radical (unpaired) electrons. The second kappa shape index (κ2) is 6.30. The molecule has 0 aliphatic heterocycles. The first-order valence-corrected chi connectivity index (χ1v) is 8.76. The van der Waals surface area contributed by atoms with E-state index in [2.05, 4.69) is 15.9 Å². The number of halogens is 1. The van der Waals surface area contributed by atoms with Crippen LogP contribution in [-0.2, 0) is 14.3 Å². The van der Waals surface area contributed by atoms with Gasteiger partial charge in [-0.25, -0.2) is 0 Å². The molecule has 0 aliphatic carbocycles. The highest BCUT2D eigenvalue weighted by atomic mass is 79.9. The molecule has 0 spiro atoms. The molecule has 2 aromatic carbocycles. The first kappa shape index (κ1) is 16.2. The van der Waals surface area contributed by atoms with Gasteiger partial charge in [-0.3, -0.25) is 4.18 Å². The summed E-state index contributed by atoms with van der Waals surface area (Å²) < 4.78 is 30.8. The third-order valence-corrected chi connectivity index (χ3v) is 5.14. The molecular weight excluding hydrogens is 352 g/mol. The maximum Gasteiger partial charge on any atom is 0.297 e. The fourth-order valence-electron chi connectivity index (χ4n) is 2.10. The largest absolute Gasteiger partial charge is 0.297 e. The Hall–Kier alpha value is -1.17. The van der Waals surface area contributed by atoms with Gasteiger partial charge in [0.05, 0.1) is 11.0 Å². The zero-order valence-corrected chi connectivity index (χ0v) is 14.5. The average Bonchev–Trinajstić information content (AvgIpc) is 2.38. The fraction of sp³-hybridized carbons (Fsp3) is 0.250. The molecule has 0 saturated carbocycles. The minimum absolute atomic E-state index is 0.176. The van der Waals surface area contributed by atoms with Crippen molar-refractivity contribution in [1.29, 1.82) is 0 Å². The lowest BCUT2D eigenvalue weighted by atomic mass is 10.1. The summed E-state index contributed by atoms with van der Waals surface area (Å²) in [6, 6.07) is 12.3. The van der Waals surface area contributed by atoms with Gasteiger partial charge in [-0.1, -0.05) is 39.7 Å². The van der Waals surface area contributed by atoms with Gasteiger partial charge < -0.3 is 0 Å². The minimum Gasteiger partial charge on any atom is -0.258 e. The molecule has 3 nitrogen and oxygen atoms in total. The summed E-state index contributed by atoms with van der Waals surface area (Å²) in [4.78, 5) is 0.176. The van der Waals surface area contributed by atoms with E-state index in [-0.39, 0.29) is 4.90 Å². The highest BCUT2D eigenvalue weighted by Gasteiger charge is 2.21. The van der Waals surface area contributed by atoms with Gasteiger partial charge in [0.15, 0.2) is 0 Å². The van der Waals surface area contributed by atoms with Gasteiger partial charge in [-0.05, 0) is 56.2 Å². The molecule has 2 aromatic rings. The van der Waals surface area contributed by atoms with Crippen molar-refractivity contribution in [1.82, 2.24) is 0 Å². The van der Waals surface area contributed by atoms with Gasteiger partial charge in [-0.15, -0.1) is 0 Å².